The Labute approximate surface area is 97.3 Å². The second-order valence-electron chi connectivity index (χ2n) is 3.81. The van der Waals surface area contributed by atoms with Gasteiger partial charge in [-0.15, -0.1) is 11.6 Å². The topological polar surface area (TPSA) is 35.5 Å². The highest BCUT2D eigenvalue weighted by Gasteiger charge is 2.30. The first-order valence-electron chi connectivity index (χ1n) is 5.03. The van der Waals surface area contributed by atoms with Gasteiger partial charge in [0.05, 0.1) is 12.2 Å². The Morgan fingerprint density at radius 3 is 1.93 bits per heavy atom. The lowest BCUT2D eigenvalue weighted by atomic mass is 10.5. The fourth-order valence-corrected chi connectivity index (χ4v) is 3.18. The molecule has 0 aromatic carbocycles. The highest BCUT2D eigenvalue weighted by Crippen LogP contribution is 2.58. The molecule has 0 saturated heterocycles. The summed E-state index contributed by atoms with van der Waals surface area (Å²) >= 11 is 5.58. The minimum atomic E-state index is -3.22. The molecule has 15 heavy (non-hydrogen) atoms. The third-order valence-corrected chi connectivity index (χ3v) is 4.06. The lowest BCUT2D eigenvalue weighted by molar-refractivity contribution is 0.147. The Hall–Kier alpha value is 0.180. The molecule has 0 bridgehead atoms. The zero-order valence-corrected chi connectivity index (χ0v) is 11.5. The van der Waals surface area contributed by atoms with Gasteiger partial charge in [-0.1, -0.05) is 6.58 Å². The van der Waals surface area contributed by atoms with E-state index in [1.165, 1.54) is 0 Å². The molecule has 0 heterocycles. The Balaban J connectivity index is 4.69. The van der Waals surface area contributed by atoms with Crippen LogP contribution in [0.4, 0.5) is 0 Å². The van der Waals surface area contributed by atoms with Crippen molar-refractivity contribution in [2.24, 2.45) is 0 Å². The maximum Gasteiger partial charge on any atom is 0.357 e. The molecule has 0 amide bonds. The molecule has 0 atom stereocenters. The first kappa shape index (κ1) is 15.2. The second kappa shape index (κ2) is 6.70. The van der Waals surface area contributed by atoms with E-state index in [2.05, 4.69) is 6.58 Å². The lowest BCUT2D eigenvalue weighted by Crippen LogP contribution is -2.09. The number of hydrogen-bond donors (Lipinski definition) is 0. The normalized spacial score (nSPS) is 12.5. The summed E-state index contributed by atoms with van der Waals surface area (Å²) in [5.74, 6) is 0.367. The molecule has 3 nitrogen and oxygen atoms in total. The molecular weight excluding hydrogens is 235 g/mol. The van der Waals surface area contributed by atoms with Crippen molar-refractivity contribution in [3.63, 3.8) is 0 Å². The quantitative estimate of drug-likeness (QED) is 0.505. The molecule has 0 aromatic rings. The highest BCUT2D eigenvalue weighted by molar-refractivity contribution is 7.58. The molecule has 0 aliphatic heterocycles. The van der Waals surface area contributed by atoms with Crippen LogP contribution in [0.1, 0.15) is 34.1 Å². The van der Waals surface area contributed by atoms with E-state index in [9.17, 15) is 4.57 Å². The Morgan fingerprint density at radius 2 is 1.67 bits per heavy atom. The number of allylic oxidation sites excluding steroid dienone is 1. The predicted molar refractivity (Wildman–Crippen MR) is 64.5 cm³/mol. The Bertz CT molecular complexity index is 237. The van der Waals surface area contributed by atoms with Crippen LogP contribution in [-0.4, -0.2) is 18.1 Å². The molecule has 0 unspecified atom stereocenters. The molecule has 0 aliphatic carbocycles. The van der Waals surface area contributed by atoms with Crippen LogP contribution in [0.25, 0.3) is 0 Å². The van der Waals surface area contributed by atoms with E-state index in [1.54, 1.807) is 0 Å². The second-order valence-corrected chi connectivity index (χ2v) is 6.24. The van der Waals surface area contributed by atoms with Gasteiger partial charge in [-0.2, -0.15) is 0 Å². The van der Waals surface area contributed by atoms with Crippen molar-refractivity contribution in [2.45, 2.75) is 46.3 Å². The first-order valence-corrected chi connectivity index (χ1v) is 7.10. The number of hydrogen-bond acceptors (Lipinski definition) is 3. The third kappa shape index (κ3) is 5.72. The standard InChI is InChI=1S/C10H20ClO3P/c1-8(2)13-15(12,14-9(3)4)10(5)6-7-11/h8-9H,5-7H2,1-4H3. The van der Waals surface area contributed by atoms with Crippen molar-refractivity contribution in [3.05, 3.63) is 11.9 Å². The fourth-order valence-electron chi connectivity index (χ4n) is 0.975. The molecule has 0 fully saturated rings. The van der Waals surface area contributed by atoms with Crippen LogP contribution in [0.15, 0.2) is 11.9 Å². The maximum atomic E-state index is 12.3. The summed E-state index contributed by atoms with van der Waals surface area (Å²) < 4.78 is 23.0. The minimum Gasteiger partial charge on any atom is -0.303 e. The summed E-state index contributed by atoms with van der Waals surface area (Å²) in [4.78, 5) is 0. The van der Waals surface area contributed by atoms with Gasteiger partial charge in [0.15, 0.2) is 0 Å². The molecule has 0 aliphatic rings. The summed E-state index contributed by atoms with van der Waals surface area (Å²) in [6.07, 6.45) is 0.112. The van der Waals surface area contributed by atoms with Crippen LogP contribution < -0.4 is 0 Å². The Kier molecular flexibility index (Phi) is 6.78. The zero-order valence-electron chi connectivity index (χ0n) is 9.83. The van der Waals surface area contributed by atoms with E-state index in [0.29, 0.717) is 17.6 Å². The van der Waals surface area contributed by atoms with Crippen molar-refractivity contribution >= 4 is 19.2 Å². The van der Waals surface area contributed by atoms with Crippen molar-refractivity contribution in [1.82, 2.24) is 0 Å². The number of alkyl halides is 1. The average molecular weight is 255 g/mol. The van der Waals surface area contributed by atoms with E-state index in [1.807, 2.05) is 27.7 Å². The molecule has 0 radical (unpaired) electrons. The van der Waals surface area contributed by atoms with Gasteiger partial charge < -0.3 is 9.05 Å². The summed E-state index contributed by atoms with van der Waals surface area (Å²) in [5.41, 5.74) is 0. The van der Waals surface area contributed by atoms with Crippen molar-refractivity contribution in [2.75, 3.05) is 5.88 Å². The molecule has 5 heteroatoms. The van der Waals surface area contributed by atoms with Crippen molar-refractivity contribution < 1.29 is 13.6 Å². The summed E-state index contributed by atoms with van der Waals surface area (Å²) in [7, 11) is -3.22. The Morgan fingerprint density at radius 1 is 1.27 bits per heavy atom. The van der Waals surface area contributed by atoms with E-state index in [4.69, 9.17) is 20.6 Å². The number of rotatable bonds is 7. The van der Waals surface area contributed by atoms with Crippen LogP contribution >= 0.6 is 19.2 Å². The lowest BCUT2D eigenvalue weighted by Gasteiger charge is -2.24. The molecule has 90 valence electrons. The zero-order chi connectivity index (χ0) is 12.1. The first-order chi connectivity index (χ1) is 6.81. The number of halogens is 1. The largest absolute Gasteiger partial charge is 0.357 e. The van der Waals surface area contributed by atoms with Crippen LogP contribution in [0.2, 0.25) is 0 Å². The van der Waals surface area contributed by atoms with Gasteiger partial charge in [0.25, 0.3) is 0 Å². The molecular formula is C10H20ClO3P. The van der Waals surface area contributed by atoms with Crippen LogP contribution in [0.3, 0.4) is 0 Å². The van der Waals surface area contributed by atoms with Crippen LogP contribution in [-0.2, 0) is 13.6 Å². The summed E-state index contributed by atoms with van der Waals surface area (Å²) in [6, 6.07) is 0. The SMILES string of the molecule is C=C(CCCl)P(=O)(OC(C)C)OC(C)C. The van der Waals surface area contributed by atoms with Gasteiger partial charge in [-0.05, 0) is 34.1 Å². The van der Waals surface area contributed by atoms with Gasteiger partial charge in [0, 0.05) is 11.2 Å². The van der Waals surface area contributed by atoms with Crippen LogP contribution in [0, 0.1) is 0 Å². The third-order valence-electron chi connectivity index (χ3n) is 1.47. The van der Waals surface area contributed by atoms with Gasteiger partial charge in [-0.25, -0.2) is 0 Å². The van der Waals surface area contributed by atoms with Gasteiger partial charge in [0.1, 0.15) is 0 Å². The summed E-state index contributed by atoms with van der Waals surface area (Å²) in [6.45, 7) is 11.0. The smallest absolute Gasteiger partial charge is 0.303 e. The van der Waals surface area contributed by atoms with Crippen LogP contribution in [0.5, 0.6) is 0 Å². The fraction of sp³-hybridized carbons (Fsp3) is 0.800. The average Bonchev–Trinajstić information content (AvgIpc) is 2.01. The van der Waals surface area contributed by atoms with Gasteiger partial charge in [0.2, 0.25) is 0 Å². The van der Waals surface area contributed by atoms with E-state index >= 15 is 0 Å². The van der Waals surface area contributed by atoms with Crippen molar-refractivity contribution in [3.8, 4) is 0 Å². The maximum absolute atomic E-state index is 12.3. The van der Waals surface area contributed by atoms with Gasteiger partial charge in [-0.3, -0.25) is 4.57 Å². The van der Waals surface area contributed by atoms with E-state index in [0.717, 1.165) is 0 Å². The van der Waals surface area contributed by atoms with E-state index in [-0.39, 0.29) is 12.2 Å². The monoisotopic (exact) mass is 254 g/mol. The molecule has 0 spiro atoms. The minimum absolute atomic E-state index is 0.165. The molecule has 0 N–H and O–H groups in total. The van der Waals surface area contributed by atoms with Gasteiger partial charge >= 0.3 is 7.60 Å². The van der Waals surface area contributed by atoms with E-state index < -0.39 is 7.60 Å². The predicted octanol–water partition coefficient (Wildman–Crippen LogP) is 4.17. The molecule has 0 rings (SSSR count). The molecule has 0 aromatic heterocycles. The molecule has 0 saturated carbocycles. The highest BCUT2D eigenvalue weighted by atomic mass is 35.5. The van der Waals surface area contributed by atoms with Crippen molar-refractivity contribution in [1.29, 1.82) is 0 Å². The summed E-state index contributed by atoms with van der Waals surface area (Å²) in [5, 5.41) is 0.444.